The van der Waals surface area contributed by atoms with Gasteiger partial charge >= 0.3 is 0 Å². The lowest BCUT2D eigenvalue weighted by Gasteiger charge is -2.12. The molecule has 0 radical (unpaired) electrons. The molecule has 4 rings (SSSR count). The van der Waals surface area contributed by atoms with Crippen LogP contribution in [-0.4, -0.2) is 22.5 Å². The van der Waals surface area contributed by atoms with Crippen LogP contribution in [0.1, 0.15) is 32.0 Å². The summed E-state index contributed by atoms with van der Waals surface area (Å²) in [5.74, 6) is -0.817. The summed E-state index contributed by atoms with van der Waals surface area (Å²) in [4.78, 5) is 48.7. The molecule has 0 saturated carbocycles. The van der Waals surface area contributed by atoms with E-state index in [9.17, 15) is 24.5 Å². The van der Waals surface area contributed by atoms with Gasteiger partial charge in [-0.1, -0.05) is 18.2 Å². The van der Waals surface area contributed by atoms with Gasteiger partial charge in [0.2, 0.25) is 0 Å². The van der Waals surface area contributed by atoms with Gasteiger partial charge in [-0.25, -0.2) is 0 Å². The van der Waals surface area contributed by atoms with Crippen LogP contribution in [0.4, 0.5) is 11.4 Å². The fourth-order valence-electron chi connectivity index (χ4n) is 3.36. The number of anilines is 1. The van der Waals surface area contributed by atoms with E-state index >= 15 is 0 Å². The number of rotatable bonds is 9. The number of non-ortho nitro benzene ring substituents is 1. The third kappa shape index (κ3) is 6.76. The first-order chi connectivity index (χ1) is 18.4. The van der Waals surface area contributed by atoms with Crippen LogP contribution in [0.5, 0.6) is 0 Å². The molecule has 0 aliphatic carbocycles. The minimum atomic E-state index is -0.621. The molecule has 0 spiro atoms. The van der Waals surface area contributed by atoms with Gasteiger partial charge in [0.1, 0.15) is 11.5 Å². The maximum Gasteiger partial charge on any atom is 0.272 e. The van der Waals surface area contributed by atoms with Gasteiger partial charge in [0.25, 0.3) is 17.5 Å². The van der Waals surface area contributed by atoms with Crippen molar-refractivity contribution in [2.75, 3.05) is 5.32 Å². The zero-order valence-electron chi connectivity index (χ0n) is 19.9. The highest BCUT2D eigenvalue weighted by Gasteiger charge is 2.16. The molecule has 0 atom stereocenters. The fraction of sp³-hybridized carbons (Fsp3) is 0. The lowest BCUT2D eigenvalue weighted by Crippen LogP contribution is -2.30. The van der Waals surface area contributed by atoms with Crippen LogP contribution in [0.25, 0.3) is 12.2 Å². The Kier molecular flexibility index (Phi) is 8.00. The smallest absolute Gasteiger partial charge is 0.272 e. The van der Waals surface area contributed by atoms with E-state index < -0.39 is 16.7 Å². The molecular weight excluding hydrogens is 486 g/mol. The van der Waals surface area contributed by atoms with Crippen LogP contribution in [0.15, 0.2) is 113 Å². The molecular formula is C29H21N3O6. The van der Waals surface area contributed by atoms with E-state index in [0.29, 0.717) is 28.1 Å². The molecule has 9 nitrogen and oxygen atoms in total. The molecule has 1 aromatic heterocycles. The van der Waals surface area contributed by atoms with Crippen molar-refractivity contribution in [1.82, 2.24) is 5.32 Å². The summed E-state index contributed by atoms with van der Waals surface area (Å²) >= 11 is 0. The Balaban J connectivity index is 1.52. The van der Waals surface area contributed by atoms with Gasteiger partial charge in [-0.05, 0) is 84.5 Å². The van der Waals surface area contributed by atoms with Crippen LogP contribution in [0.3, 0.4) is 0 Å². The predicted octanol–water partition coefficient (Wildman–Crippen LogP) is 5.49. The number of nitrogens with one attached hydrogen (secondary N) is 2. The van der Waals surface area contributed by atoms with Gasteiger partial charge in [0, 0.05) is 28.9 Å². The van der Waals surface area contributed by atoms with Gasteiger partial charge in [-0.3, -0.25) is 24.5 Å². The molecule has 1 heterocycles. The van der Waals surface area contributed by atoms with Crippen LogP contribution >= 0.6 is 0 Å². The summed E-state index contributed by atoms with van der Waals surface area (Å²) in [7, 11) is 0. The molecule has 0 aliphatic rings. The first-order valence-corrected chi connectivity index (χ1v) is 11.4. The van der Waals surface area contributed by atoms with E-state index in [2.05, 4.69) is 10.6 Å². The Morgan fingerprint density at radius 1 is 0.816 bits per heavy atom. The lowest BCUT2D eigenvalue weighted by atomic mass is 10.1. The second-order valence-electron chi connectivity index (χ2n) is 7.97. The number of hydrogen-bond acceptors (Lipinski definition) is 6. The highest BCUT2D eigenvalue weighted by atomic mass is 16.6. The normalized spacial score (nSPS) is 11.2. The molecule has 0 saturated heterocycles. The first kappa shape index (κ1) is 25.5. The topological polar surface area (TPSA) is 132 Å². The molecule has 2 amide bonds. The van der Waals surface area contributed by atoms with Crippen molar-refractivity contribution >= 4 is 41.1 Å². The van der Waals surface area contributed by atoms with Gasteiger partial charge in [-0.2, -0.15) is 0 Å². The number of amides is 2. The van der Waals surface area contributed by atoms with Crippen molar-refractivity contribution in [2.45, 2.75) is 0 Å². The van der Waals surface area contributed by atoms with Crippen molar-refractivity contribution in [3.8, 4) is 0 Å². The van der Waals surface area contributed by atoms with E-state index in [4.69, 9.17) is 4.42 Å². The molecule has 0 aliphatic heterocycles. The standard InChI is InChI=1S/C29H21N3O6/c33-27(17-16-25-7-4-18-38-25)21-10-12-23(13-11-21)30-29(35)26(31-28(34)22-5-2-1-3-6-22)19-20-8-14-24(15-9-20)32(36)37/h1-19H,(H,30,35)(H,31,34)/b17-16+,26-19-. The molecule has 188 valence electrons. The quantitative estimate of drug-likeness (QED) is 0.133. The Morgan fingerprint density at radius 2 is 1.53 bits per heavy atom. The fourth-order valence-corrected chi connectivity index (χ4v) is 3.36. The summed E-state index contributed by atoms with van der Waals surface area (Å²) in [6.45, 7) is 0. The summed E-state index contributed by atoms with van der Waals surface area (Å²) in [5.41, 5.74) is 1.44. The number of nitro groups is 1. The molecule has 38 heavy (non-hydrogen) atoms. The molecule has 0 bridgehead atoms. The number of hydrogen-bond donors (Lipinski definition) is 2. The number of carbonyl (C=O) groups is 3. The summed E-state index contributed by atoms with van der Waals surface area (Å²) in [5, 5.41) is 16.2. The number of nitro benzene ring substituents is 1. The highest BCUT2D eigenvalue weighted by Crippen LogP contribution is 2.16. The molecule has 9 heteroatoms. The van der Waals surface area contributed by atoms with Gasteiger partial charge < -0.3 is 15.1 Å². The Bertz CT molecular complexity index is 1510. The van der Waals surface area contributed by atoms with Gasteiger partial charge in [0.15, 0.2) is 5.78 Å². The number of furan rings is 1. The van der Waals surface area contributed by atoms with E-state index in [1.165, 1.54) is 42.7 Å². The molecule has 3 aromatic carbocycles. The third-order valence-electron chi connectivity index (χ3n) is 5.31. The van der Waals surface area contributed by atoms with E-state index in [0.717, 1.165) is 0 Å². The predicted molar refractivity (Wildman–Crippen MR) is 142 cm³/mol. The third-order valence-corrected chi connectivity index (χ3v) is 5.31. The second-order valence-corrected chi connectivity index (χ2v) is 7.97. The van der Waals surface area contributed by atoms with Crippen molar-refractivity contribution in [3.05, 3.63) is 142 Å². The minimum Gasteiger partial charge on any atom is -0.465 e. The number of ketones is 1. The summed E-state index contributed by atoms with van der Waals surface area (Å²) in [6.07, 6.45) is 5.87. The second kappa shape index (κ2) is 11.9. The van der Waals surface area contributed by atoms with Gasteiger partial charge in [-0.15, -0.1) is 0 Å². The number of allylic oxidation sites excluding steroid dienone is 1. The van der Waals surface area contributed by atoms with E-state index in [1.54, 1.807) is 72.8 Å². The zero-order chi connectivity index (χ0) is 26.9. The minimum absolute atomic E-state index is 0.0748. The summed E-state index contributed by atoms with van der Waals surface area (Å²) < 4.78 is 5.17. The average molecular weight is 508 g/mol. The largest absolute Gasteiger partial charge is 0.465 e. The van der Waals surface area contributed by atoms with Gasteiger partial charge in [0.05, 0.1) is 11.2 Å². The van der Waals surface area contributed by atoms with Crippen molar-refractivity contribution < 1.29 is 23.7 Å². The van der Waals surface area contributed by atoms with Crippen molar-refractivity contribution in [1.29, 1.82) is 0 Å². The van der Waals surface area contributed by atoms with Crippen LogP contribution in [0, 0.1) is 10.1 Å². The Morgan fingerprint density at radius 3 is 2.16 bits per heavy atom. The van der Waals surface area contributed by atoms with E-state index in [1.807, 2.05) is 0 Å². The summed E-state index contributed by atoms with van der Waals surface area (Å²) in [6, 6.07) is 23.6. The highest BCUT2D eigenvalue weighted by molar-refractivity contribution is 6.11. The van der Waals surface area contributed by atoms with Crippen molar-refractivity contribution in [3.63, 3.8) is 0 Å². The number of nitrogens with zero attached hydrogens (tertiary/aromatic N) is 1. The maximum atomic E-state index is 13.1. The van der Waals surface area contributed by atoms with Crippen LogP contribution in [-0.2, 0) is 4.79 Å². The monoisotopic (exact) mass is 507 g/mol. The molecule has 0 fully saturated rings. The average Bonchev–Trinajstić information content (AvgIpc) is 3.46. The van der Waals surface area contributed by atoms with E-state index in [-0.39, 0.29) is 17.2 Å². The zero-order valence-corrected chi connectivity index (χ0v) is 19.9. The first-order valence-electron chi connectivity index (χ1n) is 11.4. The Labute approximate surface area is 217 Å². The number of carbonyl (C=O) groups excluding carboxylic acids is 3. The maximum absolute atomic E-state index is 13.1. The van der Waals surface area contributed by atoms with Crippen LogP contribution in [0.2, 0.25) is 0 Å². The number of benzene rings is 3. The molecule has 4 aromatic rings. The Hall–Kier alpha value is -5.57. The lowest BCUT2D eigenvalue weighted by molar-refractivity contribution is -0.384. The molecule has 2 N–H and O–H groups in total. The molecule has 0 unspecified atom stereocenters. The van der Waals surface area contributed by atoms with Crippen molar-refractivity contribution in [2.24, 2.45) is 0 Å². The SMILES string of the molecule is O=C(Nc1ccc(C(=O)/C=C/c2ccco2)cc1)/C(=C/c1ccc([N+](=O)[O-])cc1)NC(=O)c1ccccc1. The van der Waals surface area contributed by atoms with Crippen LogP contribution < -0.4 is 10.6 Å².